The van der Waals surface area contributed by atoms with Crippen LogP contribution in [0, 0.1) is 6.92 Å². The van der Waals surface area contributed by atoms with Gasteiger partial charge in [-0.1, -0.05) is 38.1 Å². The third kappa shape index (κ3) is 3.91. The summed E-state index contributed by atoms with van der Waals surface area (Å²) in [6, 6.07) is 11.7. The Hall–Kier alpha value is -5.77. The lowest BCUT2D eigenvalue weighted by Crippen LogP contribution is -2.67. The molecule has 45 heavy (non-hydrogen) atoms. The van der Waals surface area contributed by atoms with E-state index in [0.717, 1.165) is 22.2 Å². The van der Waals surface area contributed by atoms with Crippen LogP contribution in [-0.2, 0) is 15.0 Å². The molecule has 0 saturated carbocycles. The lowest BCUT2D eigenvalue weighted by Gasteiger charge is -2.41. The standard InChI is InChI=1S/C35H29N3O7/c1-6-34(3,4)31-20(18-9-7-8-10-22(18)36-31)14-23-32(42)38-35(33(43)37-23)15-21-19-12-17(39)13-25(44-5)26(19)29(41)28-24(40)11-16(2)30(45-35)27(21)28/h6-15,36,39-40H,1H2,2-5H3,(H,37,43)(H,38,42)/b23-14-/t35-/m1/s1. The van der Waals surface area contributed by atoms with Crippen molar-refractivity contribution < 1.29 is 34.1 Å². The molecule has 2 aliphatic heterocycles. The SMILES string of the molecule is C=CC(C)(C)c1[nH]c2ccccc2c1/C=C1\NC(=O)[C@]2(C=C3c4cc(O)cc(OC)c4C(=O)c4c(O)cc(C)c(c43)O2)NC1=O. The van der Waals surface area contributed by atoms with E-state index in [1.807, 2.05) is 44.2 Å². The quantitative estimate of drug-likeness (QED) is 0.148. The summed E-state index contributed by atoms with van der Waals surface area (Å²) in [6.45, 7) is 9.62. The number of carbonyl (C=O) groups is 3. The zero-order chi connectivity index (χ0) is 32.0. The summed E-state index contributed by atoms with van der Waals surface area (Å²) in [5.74, 6) is -2.07. The van der Waals surface area contributed by atoms with Gasteiger partial charge in [0.15, 0.2) is 0 Å². The number of rotatable bonds is 4. The fourth-order valence-corrected chi connectivity index (χ4v) is 6.32. The van der Waals surface area contributed by atoms with E-state index in [-0.39, 0.29) is 50.9 Å². The summed E-state index contributed by atoms with van der Waals surface area (Å²) >= 11 is 0. The molecule has 2 amide bonds. The van der Waals surface area contributed by atoms with Crippen molar-refractivity contribution in [2.24, 2.45) is 0 Å². The zero-order valence-electron chi connectivity index (χ0n) is 24.9. The van der Waals surface area contributed by atoms with Crippen LogP contribution in [0.1, 0.15) is 57.7 Å². The Morgan fingerprint density at radius 3 is 2.53 bits per heavy atom. The number of para-hydroxylation sites is 1. The Kier molecular flexibility index (Phi) is 5.83. The molecule has 3 heterocycles. The number of aromatic nitrogens is 1. The van der Waals surface area contributed by atoms with E-state index in [1.165, 1.54) is 31.4 Å². The molecule has 10 nitrogen and oxygen atoms in total. The van der Waals surface area contributed by atoms with Crippen LogP contribution < -0.4 is 20.1 Å². The molecule has 0 bridgehead atoms. The number of aryl methyl sites for hydroxylation is 1. The van der Waals surface area contributed by atoms with Gasteiger partial charge in [0.2, 0.25) is 5.78 Å². The molecular formula is C35H29N3O7. The molecule has 3 aliphatic rings. The molecule has 3 aromatic carbocycles. The molecule has 226 valence electrons. The first-order valence-corrected chi connectivity index (χ1v) is 14.2. The minimum absolute atomic E-state index is 0.00550. The van der Waals surface area contributed by atoms with Gasteiger partial charge in [-0.2, -0.15) is 0 Å². The highest BCUT2D eigenvalue weighted by Crippen LogP contribution is 2.52. The number of ketones is 1. The summed E-state index contributed by atoms with van der Waals surface area (Å²) in [6.07, 6.45) is 4.83. The first-order chi connectivity index (χ1) is 21.4. The van der Waals surface area contributed by atoms with E-state index in [2.05, 4.69) is 22.2 Å². The van der Waals surface area contributed by atoms with Crippen LogP contribution in [0.5, 0.6) is 23.0 Å². The number of aromatic amines is 1. The number of ether oxygens (including phenoxy) is 2. The number of piperazine rings is 1. The lowest BCUT2D eigenvalue weighted by atomic mass is 9.76. The van der Waals surface area contributed by atoms with Crippen LogP contribution in [0.3, 0.4) is 0 Å². The number of carbonyl (C=O) groups excluding carboxylic acids is 3. The van der Waals surface area contributed by atoms with Crippen LogP contribution in [-0.4, -0.2) is 45.6 Å². The second kappa shape index (κ2) is 9.36. The maximum absolute atomic E-state index is 14.0. The van der Waals surface area contributed by atoms with Crippen LogP contribution in [0.4, 0.5) is 0 Å². The number of benzene rings is 3. The van der Waals surface area contributed by atoms with Gasteiger partial charge in [-0.15, -0.1) is 6.58 Å². The molecule has 1 aliphatic carbocycles. The van der Waals surface area contributed by atoms with Gasteiger partial charge in [0, 0.05) is 44.8 Å². The molecule has 1 saturated heterocycles. The molecule has 0 unspecified atom stereocenters. The van der Waals surface area contributed by atoms with E-state index < -0.39 is 28.7 Å². The van der Waals surface area contributed by atoms with Gasteiger partial charge in [-0.3, -0.25) is 14.4 Å². The van der Waals surface area contributed by atoms with Crippen molar-refractivity contribution in [2.75, 3.05) is 7.11 Å². The van der Waals surface area contributed by atoms with E-state index >= 15 is 0 Å². The summed E-state index contributed by atoms with van der Waals surface area (Å²) in [4.78, 5) is 44.9. The Labute approximate surface area is 257 Å². The summed E-state index contributed by atoms with van der Waals surface area (Å²) in [7, 11) is 1.36. The summed E-state index contributed by atoms with van der Waals surface area (Å²) in [5, 5.41) is 27.7. The second-order valence-electron chi connectivity index (χ2n) is 11.9. The van der Waals surface area contributed by atoms with Gasteiger partial charge in [-0.25, -0.2) is 0 Å². The Morgan fingerprint density at radius 1 is 1.04 bits per heavy atom. The molecule has 1 aromatic heterocycles. The number of phenols is 2. The Morgan fingerprint density at radius 2 is 1.80 bits per heavy atom. The molecular weight excluding hydrogens is 574 g/mol. The van der Waals surface area contributed by atoms with Crippen LogP contribution in [0.25, 0.3) is 22.6 Å². The van der Waals surface area contributed by atoms with E-state index in [4.69, 9.17) is 9.47 Å². The number of phenolic OH excluding ortho intramolecular Hbond substituents is 2. The second-order valence-corrected chi connectivity index (χ2v) is 11.9. The number of hydrogen-bond acceptors (Lipinski definition) is 7. The molecule has 7 rings (SSSR count). The number of H-pyrrole nitrogens is 1. The van der Waals surface area contributed by atoms with E-state index in [1.54, 1.807) is 13.0 Å². The van der Waals surface area contributed by atoms with Gasteiger partial charge >= 0.3 is 0 Å². The lowest BCUT2D eigenvalue weighted by molar-refractivity contribution is -0.144. The van der Waals surface area contributed by atoms with Crippen molar-refractivity contribution in [1.82, 2.24) is 15.6 Å². The monoisotopic (exact) mass is 603 g/mol. The topological polar surface area (TPSA) is 150 Å². The maximum Gasteiger partial charge on any atom is 0.294 e. The number of amides is 2. The van der Waals surface area contributed by atoms with Gasteiger partial charge in [-0.05, 0) is 48.4 Å². The van der Waals surface area contributed by atoms with Crippen molar-refractivity contribution in [3.8, 4) is 23.0 Å². The highest BCUT2D eigenvalue weighted by Gasteiger charge is 2.51. The molecule has 10 heteroatoms. The van der Waals surface area contributed by atoms with E-state index in [0.29, 0.717) is 11.1 Å². The number of allylic oxidation sites excluding steroid dienone is 1. The Balaban J connectivity index is 1.39. The number of aromatic hydroxyl groups is 2. The predicted molar refractivity (Wildman–Crippen MR) is 167 cm³/mol. The van der Waals surface area contributed by atoms with Crippen LogP contribution in [0.2, 0.25) is 0 Å². The van der Waals surface area contributed by atoms with Crippen molar-refractivity contribution >= 4 is 40.1 Å². The van der Waals surface area contributed by atoms with Gasteiger partial charge in [0.05, 0.1) is 18.2 Å². The van der Waals surface area contributed by atoms with Crippen LogP contribution in [0.15, 0.2) is 66.9 Å². The Bertz CT molecular complexity index is 2120. The predicted octanol–water partition coefficient (Wildman–Crippen LogP) is 4.71. The minimum atomic E-state index is -2.02. The van der Waals surface area contributed by atoms with Crippen molar-refractivity contribution in [3.63, 3.8) is 0 Å². The average Bonchev–Trinajstić information content (AvgIpc) is 3.38. The molecule has 1 spiro atoms. The first kappa shape index (κ1) is 28.0. The first-order valence-electron chi connectivity index (χ1n) is 14.2. The fraction of sp³-hybridized carbons (Fsp3) is 0.171. The summed E-state index contributed by atoms with van der Waals surface area (Å²) in [5.41, 5.74) is 1.22. The van der Waals surface area contributed by atoms with Crippen LogP contribution >= 0.6 is 0 Å². The number of methoxy groups -OCH3 is 1. The van der Waals surface area contributed by atoms with Gasteiger partial charge < -0.3 is 35.3 Å². The fourth-order valence-electron chi connectivity index (χ4n) is 6.32. The molecule has 1 atom stereocenters. The molecule has 1 fully saturated rings. The number of nitrogens with one attached hydrogen (secondary N) is 3. The molecule has 4 aromatic rings. The average molecular weight is 604 g/mol. The smallest absolute Gasteiger partial charge is 0.294 e. The van der Waals surface area contributed by atoms with E-state index in [9.17, 15) is 24.6 Å². The number of fused-ring (bicyclic) bond motifs is 3. The normalized spacial score (nSPS) is 19.4. The number of hydrogen-bond donors (Lipinski definition) is 5. The highest BCUT2D eigenvalue weighted by molar-refractivity contribution is 6.23. The maximum atomic E-state index is 14.0. The molecule has 0 radical (unpaired) electrons. The zero-order valence-corrected chi connectivity index (χ0v) is 24.9. The van der Waals surface area contributed by atoms with Gasteiger partial charge in [0.25, 0.3) is 17.5 Å². The van der Waals surface area contributed by atoms with Crippen molar-refractivity contribution in [2.45, 2.75) is 31.9 Å². The minimum Gasteiger partial charge on any atom is -0.508 e. The highest BCUT2D eigenvalue weighted by atomic mass is 16.5. The third-order valence-corrected chi connectivity index (χ3v) is 8.69. The molecule has 5 N–H and O–H groups in total. The largest absolute Gasteiger partial charge is 0.508 e. The van der Waals surface area contributed by atoms with Crippen molar-refractivity contribution in [3.05, 3.63) is 106 Å². The van der Waals surface area contributed by atoms with Crippen molar-refractivity contribution in [1.29, 1.82) is 0 Å². The summed E-state index contributed by atoms with van der Waals surface area (Å²) < 4.78 is 11.7. The van der Waals surface area contributed by atoms with Gasteiger partial charge in [0.1, 0.15) is 28.7 Å². The third-order valence-electron chi connectivity index (χ3n) is 8.69.